The van der Waals surface area contributed by atoms with Crippen molar-refractivity contribution in [2.45, 2.75) is 6.92 Å². The van der Waals surface area contributed by atoms with Gasteiger partial charge in [0.05, 0.1) is 28.4 Å². The molecule has 0 aliphatic heterocycles. The van der Waals surface area contributed by atoms with Gasteiger partial charge in [-0.3, -0.25) is 9.72 Å². The second kappa shape index (κ2) is 7.04. The molecule has 3 heterocycles. The van der Waals surface area contributed by atoms with Crippen molar-refractivity contribution in [3.05, 3.63) is 54.4 Å². The number of para-hydroxylation sites is 3. The molecule has 27 heavy (non-hydrogen) atoms. The Morgan fingerprint density at radius 3 is 2.89 bits per heavy atom. The van der Waals surface area contributed by atoms with Crippen molar-refractivity contribution in [3.8, 4) is 0 Å². The number of aryl methyl sites for hydroxylation is 1. The van der Waals surface area contributed by atoms with Crippen LogP contribution in [0, 0.1) is 6.92 Å². The van der Waals surface area contributed by atoms with Gasteiger partial charge in [0, 0.05) is 0 Å². The summed E-state index contributed by atoms with van der Waals surface area (Å²) in [6.07, 6.45) is 1.23. The molecular formula is C18H16N6O2S. The van der Waals surface area contributed by atoms with Gasteiger partial charge in [-0.25, -0.2) is 9.78 Å². The first kappa shape index (κ1) is 17.0. The molecule has 9 heteroatoms. The fraction of sp³-hybridized carbons (Fsp3) is 0.111. The lowest BCUT2D eigenvalue weighted by molar-refractivity contribution is 0.186. The highest BCUT2D eigenvalue weighted by Gasteiger charge is 2.07. The van der Waals surface area contributed by atoms with Crippen molar-refractivity contribution in [1.29, 1.82) is 0 Å². The lowest BCUT2D eigenvalue weighted by Gasteiger charge is -1.96. The molecule has 5 rings (SSSR count). The van der Waals surface area contributed by atoms with Gasteiger partial charge in [0.1, 0.15) is 6.33 Å². The molecule has 136 valence electrons. The Morgan fingerprint density at radius 2 is 2.07 bits per heavy atom. The minimum atomic E-state index is -0.538. The number of amides is 1. The average molecular weight is 380 g/mol. The van der Waals surface area contributed by atoms with Gasteiger partial charge in [0.2, 0.25) is 10.9 Å². The molecule has 1 amide bonds. The van der Waals surface area contributed by atoms with Crippen molar-refractivity contribution in [2.75, 3.05) is 12.4 Å². The summed E-state index contributed by atoms with van der Waals surface area (Å²) < 4.78 is 7.75. The van der Waals surface area contributed by atoms with Gasteiger partial charge in [0.25, 0.3) is 0 Å². The summed E-state index contributed by atoms with van der Waals surface area (Å²) in [5, 5.41) is 10.4. The van der Waals surface area contributed by atoms with E-state index in [4.69, 9.17) is 0 Å². The Kier molecular flexibility index (Phi) is 4.43. The van der Waals surface area contributed by atoms with E-state index in [1.807, 2.05) is 28.7 Å². The highest BCUT2D eigenvalue weighted by Crippen LogP contribution is 2.26. The molecule has 0 radical (unpaired) electrons. The zero-order chi connectivity index (χ0) is 18.8. The Bertz CT molecular complexity index is 1210. The third-order valence-electron chi connectivity index (χ3n) is 3.95. The SMILES string of the molecule is COC(=O)Nc1nc2ccccc2[nH]1.Cc1cccc2sc3nncn3c12. The first-order valence-electron chi connectivity index (χ1n) is 8.13. The van der Waals surface area contributed by atoms with Gasteiger partial charge >= 0.3 is 6.09 Å². The molecule has 0 aliphatic carbocycles. The largest absolute Gasteiger partial charge is 0.453 e. The van der Waals surface area contributed by atoms with Gasteiger partial charge in [-0.1, -0.05) is 35.6 Å². The van der Waals surface area contributed by atoms with E-state index in [9.17, 15) is 4.79 Å². The number of ether oxygens (including phenoxy) is 1. The zero-order valence-corrected chi connectivity index (χ0v) is 15.4. The molecule has 0 aliphatic rings. The van der Waals surface area contributed by atoms with E-state index in [2.05, 4.69) is 55.3 Å². The lowest BCUT2D eigenvalue weighted by atomic mass is 10.2. The quantitative estimate of drug-likeness (QED) is 0.458. The van der Waals surface area contributed by atoms with Crippen LogP contribution in [-0.2, 0) is 4.74 Å². The van der Waals surface area contributed by atoms with Crippen molar-refractivity contribution in [3.63, 3.8) is 0 Å². The van der Waals surface area contributed by atoms with Crippen LogP contribution in [0.2, 0.25) is 0 Å². The summed E-state index contributed by atoms with van der Waals surface area (Å²) in [5.41, 5.74) is 4.17. The van der Waals surface area contributed by atoms with E-state index in [0.29, 0.717) is 5.95 Å². The second-order valence-electron chi connectivity index (χ2n) is 5.73. The minimum absolute atomic E-state index is 0.387. The zero-order valence-electron chi connectivity index (χ0n) is 14.6. The van der Waals surface area contributed by atoms with E-state index in [-0.39, 0.29) is 0 Å². The number of methoxy groups -OCH3 is 1. The number of H-pyrrole nitrogens is 1. The number of thiazole rings is 1. The first-order valence-corrected chi connectivity index (χ1v) is 8.95. The summed E-state index contributed by atoms with van der Waals surface area (Å²) in [5.74, 6) is 0.387. The number of imidazole rings is 1. The molecule has 3 aromatic heterocycles. The highest BCUT2D eigenvalue weighted by atomic mass is 32.1. The Hall–Kier alpha value is -3.46. The highest BCUT2D eigenvalue weighted by molar-refractivity contribution is 7.23. The van der Waals surface area contributed by atoms with Gasteiger partial charge in [-0.05, 0) is 30.7 Å². The fourth-order valence-electron chi connectivity index (χ4n) is 2.73. The van der Waals surface area contributed by atoms with Crippen molar-refractivity contribution < 1.29 is 9.53 Å². The van der Waals surface area contributed by atoms with Crippen LogP contribution >= 0.6 is 11.3 Å². The van der Waals surface area contributed by atoms with Crippen molar-refractivity contribution in [2.24, 2.45) is 0 Å². The van der Waals surface area contributed by atoms with Crippen LogP contribution in [-0.4, -0.2) is 37.8 Å². The maximum absolute atomic E-state index is 10.9. The van der Waals surface area contributed by atoms with E-state index in [0.717, 1.165) is 16.0 Å². The molecular weight excluding hydrogens is 364 g/mol. The Morgan fingerprint density at radius 1 is 1.22 bits per heavy atom. The number of nitrogens with zero attached hydrogens (tertiary/aromatic N) is 4. The van der Waals surface area contributed by atoms with Gasteiger partial charge in [0.15, 0.2) is 0 Å². The molecule has 0 saturated carbocycles. The van der Waals surface area contributed by atoms with Crippen LogP contribution < -0.4 is 5.32 Å². The number of hydrogen-bond acceptors (Lipinski definition) is 6. The second-order valence-corrected chi connectivity index (χ2v) is 6.74. The van der Waals surface area contributed by atoms with Crippen LogP contribution in [0.3, 0.4) is 0 Å². The Balaban J connectivity index is 0.000000134. The molecule has 0 saturated heterocycles. The van der Waals surface area contributed by atoms with Crippen LogP contribution in [0.1, 0.15) is 5.56 Å². The summed E-state index contributed by atoms with van der Waals surface area (Å²) >= 11 is 1.67. The number of fused-ring (bicyclic) bond motifs is 4. The van der Waals surface area contributed by atoms with Crippen LogP contribution in [0.15, 0.2) is 48.8 Å². The smallest absolute Gasteiger partial charge is 0.413 e. The van der Waals surface area contributed by atoms with E-state index in [1.54, 1.807) is 17.7 Å². The topological polar surface area (TPSA) is 97.2 Å². The maximum Gasteiger partial charge on any atom is 0.413 e. The summed E-state index contributed by atoms with van der Waals surface area (Å²) in [6.45, 7) is 2.11. The fourth-order valence-corrected chi connectivity index (χ4v) is 3.75. The van der Waals surface area contributed by atoms with Crippen molar-refractivity contribution >= 4 is 49.6 Å². The Labute approximate surface area is 157 Å². The van der Waals surface area contributed by atoms with Crippen LogP contribution in [0.4, 0.5) is 10.7 Å². The summed E-state index contributed by atoms with van der Waals surface area (Å²) in [7, 11) is 1.30. The van der Waals surface area contributed by atoms with E-state index in [1.165, 1.54) is 22.9 Å². The first-order chi connectivity index (χ1) is 13.2. The van der Waals surface area contributed by atoms with Gasteiger partial charge in [-0.15, -0.1) is 10.2 Å². The van der Waals surface area contributed by atoms with Crippen molar-refractivity contribution in [1.82, 2.24) is 24.6 Å². The molecule has 5 aromatic rings. The molecule has 0 bridgehead atoms. The molecule has 0 spiro atoms. The molecule has 0 atom stereocenters. The predicted molar refractivity (Wildman–Crippen MR) is 105 cm³/mol. The molecule has 2 aromatic carbocycles. The molecule has 0 fully saturated rings. The van der Waals surface area contributed by atoms with Gasteiger partial charge < -0.3 is 9.72 Å². The number of benzene rings is 2. The summed E-state index contributed by atoms with van der Waals surface area (Å²) in [6, 6.07) is 13.8. The predicted octanol–water partition coefficient (Wildman–Crippen LogP) is 3.99. The number of anilines is 1. The summed E-state index contributed by atoms with van der Waals surface area (Å²) in [4.78, 5) is 18.9. The normalized spacial score (nSPS) is 10.7. The van der Waals surface area contributed by atoms with Gasteiger partial charge in [-0.2, -0.15) is 0 Å². The van der Waals surface area contributed by atoms with Crippen LogP contribution in [0.5, 0.6) is 0 Å². The molecule has 2 N–H and O–H groups in total. The number of nitrogens with one attached hydrogen (secondary N) is 2. The third kappa shape index (κ3) is 3.32. The number of aromatic amines is 1. The number of hydrogen-bond donors (Lipinski definition) is 2. The number of carbonyl (C=O) groups excluding carboxylic acids is 1. The van der Waals surface area contributed by atoms with E-state index >= 15 is 0 Å². The maximum atomic E-state index is 10.9. The average Bonchev–Trinajstić information content (AvgIpc) is 3.35. The molecule has 8 nitrogen and oxygen atoms in total. The number of carbonyl (C=O) groups is 1. The standard InChI is InChI=1S/C9H9N3O2.C9H7N3S/c1-14-9(13)12-8-10-6-4-2-3-5-7(6)11-8;1-6-3-2-4-7-8(6)12-5-10-11-9(12)13-7/h2-5H,1H3,(H2,10,11,12,13);2-5H,1H3. The van der Waals surface area contributed by atoms with Crippen LogP contribution in [0.25, 0.3) is 26.2 Å². The minimum Gasteiger partial charge on any atom is -0.453 e. The number of aromatic nitrogens is 5. The number of rotatable bonds is 1. The lowest BCUT2D eigenvalue weighted by Crippen LogP contribution is -2.11. The monoisotopic (exact) mass is 380 g/mol. The molecule has 0 unspecified atom stereocenters. The third-order valence-corrected chi connectivity index (χ3v) is 4.96. The van der Waals surface area contributed by atoms with E-state index < -0.39 is 6.09 Å².